The lowest BCUT2D eigenvalue weighted by atomic mass is 9.89. The minimum Gasteiger partial charge on any atom is -0.440 e. The van der Waals surface area contributed by atoms with Crippen LogP contribution in [0.4, 0.5) is 5.88 Å². The second-order valence-corrected chi connectivity index (χ2v) is 12.1. The van der Waals surface area contributed by atoms with Crippen LogP contribution in [0.2, 0.25) is 0 Å². The molecular weight excluding hydrogens is 516 g/mol. The molecule has 2 aromatic rings. The third-order valence-electron chi connectivity index (χ3n) is 6.81. The van der Waals surface area contributed by atoms with Gasteiger partial charge in [-0.3, -0.25) is 19.2 Å². The quantitative estimate of drug-likeness (QED) is 0.258. The van der Waals surface area contributed by atoms with Gasteiger partial charge in [0, 0.05) is 29.4 Å². The lowest BCUT2D eigenvalue weighted by molar-refractivity contribution is -0.133. The van der Waals surface area contributed by atoms with E-state index in [0.717, 1.165) is 45.0 Å². The largest absolute Gasteiger partial charge is 0.440 e. The molecule has 3 rings (SSSR count). The highest BCUT2D eigenvalue weighted by molar-refractivity contribution is 7.92. The first kappa shape index (κ1) is 30.8. The third-order valence-corrected chi connectivity index (χ3v) is 7.36. The zero-order chi connectivity index (χ0) is 28.7. The number of ketones is 2. The van der Waals surface area contributed by atoms with Crippen molar-refractivity contribution >= 4 is 39.1 Å². The van der Waals surface area contributed by atoms with Crippen molar-refractivity contribution in [3.05, 3.63) is 52.1 Å². The lowest BCUT2D eigenvalue weighted by Crippen LogP contribution is -2.47. The van der Waals surface area contributed by atoms with Crippen molar-refractivity contribution in [2.24, 2.45) is 0 Å². The Hall–Kier alpha value is -2.75. The van der Waals surface area contributed by atoms with E-state index < -0.39 is 27.7 Å². The summed E-state index contributed by atoms with van der Waals surface area (Å²) in [6.45, 7) is 11.7. The van der Waals surface area contributed by atoms with Gasteiger partial charge in [-0.15, -0.1) is 0 Å². The maximum Gasteiger partial charge on any atom is 0.232 e. The van der Waals surface area contributed by atoms with Crippen molar-refractivity contribution in [1.29, 1.82) is 0 Å². The molecule has 0 spiro atoms. The van der Waals surface area contributed by atoms with Crippen molar-refractivity contribution in [1.82, 2.24) is 4.90 Å². The number of fused-ring (bicyclic) bond motifs is 1. The summed E-state index contributed by atoms with van der Waals surface area (Å²) in [4.78, 5) is 30.2. The normalized spacial score (nSPS) is 16.4. The van der Waals surface area contributed by atoms with E-state index in [2.05, 4.69) is 23.5 Å². The molecule has 0 fully saturated rings. The van der Waals surface area contributed by atoms with Crippen LogP contribution < -0.4 is 15.4 Å². The Kier molecular flexibility index (Phi) is 10.7. The Bertz CT molecular complexity index is 1370. The van der Waals surface area contributed by atoms with Crippen molar-refractivity contribution in [2.45, 2.75) is 85.0 Å². The van der Waals surface area contributed by atoms with E-state index >= 15 is 0 Å². The van der Waals surface area contributed by atoms with Gasteiger partial charge < -0.3 is 9.15 Å². The SMILES string of the molecule is CCCCN(CCCC)C(CC)OC1C=c2oc(NS(C)(=O)=O)c(C(C)C)c2=C(C(=O)c2ccccc2)C1=O. The summed E-state index contributed by atoms with van der Waals surface area (Å²) in [6, 6.07) is 8.60. The fourth-order valence-electron chi connectivity index (χ4n) is 4.90. The van der Waals surface area contributed by atoms with Crippen molar-refractivity contribution in [2.75, 3.05) is 24.1 Å². The molecular formula is C30H42N2O6S. The zero-order valence-corrected chi connectivity index (χ0v) is 24.8. The first-order valence-electron chi connectivity index (χ1n) is 13.9. The molecule has 39 heavy (non-hydrogen) atoms. The number of sulfonamides is 1. The first-order valence-corrected chi connectivity index (χ1v) is 15.8. The summed E-state index contributed by atoms with van der Waals surface area (Å²) < 4.78 is 39.2. The number of rotatable bonds is 15. The van der Waals surface area contributed by atoms with Gasteiger partial charge in [-0.25, -0.2) is 8.42 Å². The molecule has 214 valence electrons. The van der Waals surface area contributed by atoms with E-state index in [1.807, 2.05) is 20.8 Å². The molecule has 0 saturated heterocycles. The summed E-state index contributed by atoms with van der Waals surface area (Å²) in [5.41, 5.74) is 1.05. The van der Waals surface area contributed by atoms with Gasteiger partial charge in [-0.05, 0) is 31.3 Å². The number of nitrogens with one attached hydrogen (secondary N) is 1. The number of benzene rings is 1. The highest BCUT2D eigenvalue weighted by Gasteiger charge is 2.36. The number of ether oxygens (including phenoxy) is 1. The Morgan fingerprint density at radius 1 is 1.08 bits per heavy atom. The maximum atomic E-state index is 14.1. The van der Waals surface area contributed by atoms with Gasteiger partial charge in [0.15, 0.2) is 11.6 Å². The summed E-state index contributed by atoms with van der Waals surface area (Å²) in [5, 5.41) is 0.330. The number of anilines is 1. The first-order chi connectivity index (χ1) is 18.5. The standard InChI is InChI=1S/C30H42N2O6S/c1-7-10-17-32(18-11-8-2)24(9-3)37-23-19-22-26(25(20(4)5)30(38-22)31-39(6,35)36)27(29(23)34)28(33)21-15-13-12-14-16-21/h12-16,19-20,23-24,31H,7-11,17-18H2,1-6H3. The summed E-state index contributed by atoms with van der Waals surface area (Å²) in [6.07, 6.45) is 6.01. The fraction of sp³-hybridized carbons (Fsp3) is 0.533. The fourth-order valence-corrected chi connectivity index (χ4v) is 5.39. The predicted molar refractivity (Wildman–Crippen MR) is 155 cm³/mol. The molecule has 1 N–H and O–H groups in total. The second-order valence-electron chi connectivity index (χ2n) is 10.4. The molecule has 1 heterocycles. The Balaban J connectivity index is 2.19. The number of unbranched alkanes of at least 4 members (excludes halogenated alkanes) is 2. The average molecular weight is 559 g/mol. The van der Waals surface area contributed by atoms with Gasteiger partial charge in [-0.1, -0.05) is 77.8 Å². The molecule has 0 amide bonds. The molecule has 2 unspecified atom stereocenters. The van der Waals surface area contributed by atoms with Crippen molar-refractivity contribution < 1.29 is 27.2 Å². The van der Waals surface area contributed by atoms with Crippen LogP contribution in [-0.4, -0.2) is 56.6 Å². The Morgan fingerprint density at radius 3 is 2.21 bits per heavy atom. The van der Waals surface area contributed by atoms with Crippen LogP contribution in [0.25, 0.3) is 11.6 Å². The van der Waals surface area contributed by atoms with Gasteiger partial charge in [0.1, 0.15) is 17.7 Å². The number of carbonyl (C=O) groups excluding carboxylic acids is 2. The molecule has 1 aliphatic carbocycles. The van der Waals surface area contributed by atoms with E-state index in [0.29, 0.717) is 22.8 Å². The minimum atomic E-state index is -3.68. The van der Waals surface area contributed by atoms with Crippen LogP contribution in [0.1, 0.15) is 88.6 Å². The monoisotopic (exact) mass is 558 g/mol. The minimum absolute atomic E-state index is 0.0140. The molecule has 2 atom stereocenters. The van der Waals surface area contributed by atoms with Crippen LogP contribution in [0.5, 0.6) is 0 Å². The van der Waals surface area contributed by atoms with Crippen molar-refractivity contribution in [3.8, 4) is 0 Å². The molecule has 0 bridgehead atoms. The number of hydrogen-bond donors (Lipinski definition) is 1. The maximum absolute atomic E-state index is 14.1. The molecule has 1 aromatic heterocycles. The van der Waals surface area contributed by atoms with Crippen LogP contribution in [0, 0.1) is 0 Å². The molecule has 0 radical (unpaired) electrons. The smallest absolute Gasteiger partial charge is 0.232 e. The summed E-state index contributed by atoms with van der Waals surface area (Å²) in [7, 11) is -3.68. The molecule has 9 heteroatoms. The predicted octanol–water partition coefficient (Wildman–Crippen LogP) is 4.19. The lowest BCUT2D eigenvalue weighted by Gasteiger charge is -2.33. The number of carbonyl (C=O) groups is 2. The molecule has 1 aliphatic rings. The Morgan fingerprint density at radius 2 is 1.69 bits per heavy atom. The van der Waals surface area contributed by atoms with Crippen LogP contribution in [-0.2, 0) is 19.6 Å². The van der Waals surface area contributed by atoms with Crippen LogP contribution >= 0.6 is 0 Å². The van der Waals surface area contributed by atoms with E-state index in [-0.39, 0.29) is 29.0 Å². The number of nitrogens with zero attached hydrogens (tertiary/aromatic N) is 1. The highest BCUT2D eigenvalue weighted by atomic mass is 32.2. The summed E-state index contributed by atoms with van der Waals surface area (Å²) in [5.74, 6) is -1.12. The summed E-state index contributed by atoms with van der Waals surface area (Å²) >= 11 is 0. The van der Waals surface area contributed by atoms with Gasteiger partial charge in [0.05, 0.1) is 11.8 Å². The number of furan rings is 1. The van der Waals surface area contributed by atoms with Crippen molar-refractivity contribution in [3.63, 3.8) is 0 Å². The third kappa shape index (κ3) is 7.47. The molecule has 0 saturated carbocycles. The van der Waals surface area contributed by atoms with Gasteiger partial charge in [-0.2, -0.15) is 0 Å². The second kappa shape index (κ2) is 13.5. The molecule has 0 aliphatic heterocycles. The van der Waals surface area contributed by atoms with Gasteiger partial charge in [0.2, 0.25) is 15.9 Å². The average Bonchev–Trinajstić information content (AvgIpc) is 3.23. The van der Waals surface area contributed by atoms with Crippen LogP contribution in [0.3, 0.4) is 0 Å². The topological polar surface area (TPSA) is 106 Å². The van der Waals surface area contributed by atoms with Crippen LogP contribution in [0.15, 0.2) is 34.7 Å². The molecule has 8 nitrogen and oxygen atoms in total. The molecule has 1 aromatic carbocycles. The van der Waals surface area contributed by atoms with E-state index in [1.54, 1.807) is 36.4 Å². The Labute approximate surface area is 232 Å². The number of hydrogen-bond acceptors (Lipinski definition) is 7. The van der Waals surface area contributed by atoms with Gasteiger partial charge in [0.25, 0.3) is 0 Å². The van der Waals surface area contributed by atoms with Gasteiger partial charge >= 0.3 is 0 Å². The van der Waals surface area contributed by atoms with E-state index in [4.69, 9.17) is 9.15 Å². The highest BCUT2D eigenvalue weighted by Crippen LogP contribution is 2.26. The van der Waals surface area contributed by atoms with E-state index in [9.17, 15) is 18.0 Å². The van der Waals surface area contributed by atoms with E-state index in [1.165, 1.54) is 0 Å². The number of Topliss-reactive ketones (excluding diaryl/α,β-unsaturated/α-hetero) is 2. The zero-order valence-electron chi connectivity index (χ0n) is 24.0.